The Balaban J connectivity index is 1.55. The Morgan fingerprint density at radius 2 is 1.60 bits per heavy atom. The smallest absolute Gasteiger partial charge is 0.261 e. The predicted octanol–water partition coefficient (Wildman–Crippen LogP) is 5.05. The third-order valence-electron chi connectivity index (χ3n) is 9.94. The number of benzene rings is 3. The van der Waals surface area contributed by atoms with Gasteiger partial charge in [-0.2, -0.15) is 0 Å². The normalized spacial score (nSPS) is 21.3. The Labute approximate surface area is 279 Å². The number of carbonyl (C=O) groups excluding carboxylic acids is 2. The lowest BCUT2D eigenvalue weighted by Crippen LogP contribution is -2.66. The van der Waals surface area contributed by atoms with Crippen molar-refractivity contribution in [1.29, 1.82) is 0 Å². The first-order chi connectivity index (χ1) is 22.4. The number of allylic oxidation sites excluding steroid dienone is 1. The fourth-order valence-electron chi connectivity index (χ4n) is 7.70. The number of aliphatic hydroxyl groups excluding tert-OH is 2. The van der Waals surface area contributed by atoms with E-state index in [4.69, 9.17) is 4.43 Å². The molecule has 3 aromatic carbocycles. The van der Waals surface area contributed by atoms with E-state index in [1.807, 2.05) is 55.5 Å². The molecule has 5 rings (SSSR count). The van der Waals surface area contributed by atoms with Gasteiger partial charge in [0.1, 0.15) is 5.75 Å². The summed E-state index contributed by atoms with van der Waals surface area (Å²) in [6, 6.07) is 27.6. The maximum Gasteiger partial charge on any atom is 0.261 e. The lowest BCUT2D eigenvalue weighted by Gasteiger charge is -2.44. The van der Waals surface area contributed by atoms with Gasteiger partial charge in [0, 0.05) is 13.0 Å². The van der Waals surface area contributed by atoms with Crippen LogP contribution in [0.15, 0.2) is 102 Å². The number of imide groups is 1. The van der Waals surface area contributed by atoms with E-state index >= 15 is 0 Å². The minimum atomic E-state index is -2.96. The number of hydrogen-bond donors (Lipinski definition) is 3. The second kappa shape index (κ2) is 14.1. The summed E-state index contributed by atoms with van der Waals surface area (Å²) < 4.78 is 7.28. The molecule has 1 saturated heterocycles. The van der Waals surface area contributed by atoms with E-state index in [1.54, 1.807) is 18.2 Å². The molecule has 47 heavy (non-hydrogen) atoms. The van der Waals surface area contributed by atoms with E-state index in [0.29, 0.717) is 24.8 Å². The van der Waals surface area contributed by atoms with Crippen molar-refractivity contribution >= 4 is 36.6 Å². The van der Waals surface area contributed by atoms with Gasteiger partial charge in [-0.05, 0) is 70.4 Å². The molecular formula is C39H47NO6Si. The molecule has 1 aliphatic heterocycles. The van der Waals surface area contributed by atoms with E-state index in [-0.39, 0.29) is 35.8 Å². The Bertz CT molecular complexity index is 1610. The maximum atomic E-state index is 13.3. The molecule has 7 nitrogen and oxygen atoms in total. The van der Waals surface area contributed by atoms with Crippen LogP contribution in [0.5, 0.6) is 5.75 Å². The summed E-state index contributed by atoms with van der Waals surface area (Å²) in [7, 11) is -1.46. The van der Waals surface area contributed by atoms with E-state index in [1.165, 1.54) is 11.9 Å². The quantitative estimate of drug-likeness (QED) is 0.152. The standard InChI is InChI=1S/C39H47NO6Si/c1-26(21-27-13-12-14-29(42)22-27)19-20-34(43)35-28(23-32-36(33(35)24-41)38(45)40(5)37(32)44)25-46-47(39(2,3)4,30-15-8-6-9-16-30)31-17-10-7-11-18-31/h6-18,21-22,32-34,36,41-43H,19-20,23-25H2,1-5H3/b26-21+/t32-,33+,34-,36-/m1/s1. The Hall–Kier alpha value is -3.82. The van der Waals surface area contributed by atoms with Crippen molar-refractivity contribution in [3.8, 4) is 5.75 Å². The van der Waals surface area contributed by atoms with Gasteiger partial charge >= 0.3 is 0 Å². The van der Waals surface area contributed by atoms with Crippen LogP contribution in [0.1, 0.15) is 52.5 Å². The van der Waals surface area contributed by atoms with Crippen molar-refractivity contribution in [1.82, 2.24) is 4.90 Å². The Morgan fingerprint density at radius 1 is 0.979 bits per heavy atom. The second-order valence-electron chi connectivity index (χ2n) is 14.0. The summed E-state index contributed by atoms with van der Waals surface area (Å²) in [5.41, 5.74) is 3.29. The summed E-state index contributed by atoms with van der Waals surface area (Å²) in [6.45, 7) is 8.39. The summed E-state index contributed by atoms with van der Waals surface area (Å²) >= 11 is 0. The van der Waals surface area contributed by atoms with Crippen molar-refractivity contribution < 1.29 is 29.3 Å². The first-order valence-corrected chi connectivity index (χ1v) is 18.3. The molecule has 2 aliphatic rings. The van der Waals surface area contributed by atoms with Crippen LogP contribution in [0.25, 0.3) is 6.08 Å². The number of rotatable bonds is 11. The lowest BCUT2D eigenvalue weighted by molar-refractivity contribution is -0.138. The van der Waals surface area contributed by atoms with Gasteiger partial charge in [0.2, 0.25) is 11.8 Å². The molecule has 8 heteroatoms. The minimum Gasteiger partial charge on any atom is -0.508 e. The van der Waals surface area contributed by atoms with Gasteiger partial charge in [0.05, 0.1) is 31.2 Å². The molecule has 0 bridgehead atoms. The molecule has 1 aliphatic carbocycles. The predicted molar refractivity (Wildman–Crippen MR) is 188 cm³/mol. The monoisotopic (exact) mass is 653 g/mol. The van der Waals surface area contributed by atoms with Gasteiger partial charge in [-0.25, -0.2) is 0 Å². The third kappa shape index (κ3) is 6.78. The zero-order chi connectivity index (χ0) is 33.9. The topological polar surface area (TPSA) is 107 Å². The highest BCUT2D eigenvalue weighted by molar-refractivity contribution is 6.99. The maximum absolute atomic E-state index is 13.3. The van der Waals surface area contributed by atoms with Crippen molar-refractivity contribution in [2.75, 3.05) is 20.3 Å². The van der Waals surface area contributed by atoms with Gasteiger partial charge in [-0.3, -0.25) is 14.5 Å². The fourth-order valence-corrected chi connectivity index (χ4v) is 12.2. The van der Waals surface area contributed by atoms with Crippen molar-refractivity contribution in [3.05, 3.63) is 107 Å². The first kappa shape index (κ1) is 34.5. The van der Waals surface area contributed by atoms with Gasteiger partial charge in [-0.15, -0.1) is 0 Å². The average molecular weight is 654 g/mol. The average Bonchev–Trinajstić information content (AvgIpc) is 3.26. The highest BCUT2D eigenvalue weighted by Crippen LogP contribution is 2.47. The number of carbonyl (C=O) groups is 2. The van der Waals surface area contributed by atoms with Crippen LogP contribution >= 0.6 is 0 Å². The molecule has 4 atom stereocenters. The zero-order valence-corrected chi connectivity index (χ0v) is 29.0. The van der Waals surface area contributed by atoms with E-state index < -0.39 is 32.2 Å². The third-order valence-corrected chi connectivity index (χ3v) is 14.9. The molecule has 1 fully saturated rings. The van der Waals surface area contributed by atoms with Gasteiger partial charge < -0.3 is 19.7 Å². The van der Waals surface area contributed by atoms with Crippen LogP contribution in [-0.4, -0.2) is 66.7 Å². The number of nitrogens with zero attached hydrogens (tertiary/aromatic N) is 1. The van der Waals surface area contributed by atoms with Crippen LogP contribution in [0.4, 0.5) is 0 Å². The molecule has 0 spiro atoms. The number of phenolic OH excluding ortho intramolecular Hbond substituents is 1. The van der Waals surface area contributed by atoms with Crippen molar-refractivity contribution in [2.45, 2.75) is 58.1 Å². The van der Waals surface area contributed by atoms with Gasteiger partial charge in [0.25, 0.3) is 8.32 Å². The van der Waals surface area contributed by atoms with Crippen molar-refractivity contribution in [2.24, 2.45) is 17.8 Å². The van der Waals surface area contributed by atoms with E-state index in [2.05, 4.69) is 45.0 Å². The molecule has 248 valence electrons. The highest BCUT2D eigenvalue weighted by atomic mass is 28.4. The van der Waals surface area contributed by atoms with Crippen LogP contribution in [0.2, 0.25) is 5.04 Å². The van der Waals surface area contributed by atoms with Crippen LogP contribution in [0.3, 0.4) is 0 Å². The summed E-state index contributed by atoms with van der Waals surface area (Å²) in [4.78, 5) is 27.9. The number of phenols is 1. The minimum absolute atomic E-state index is 0.169. The van der Waals surface area contributed by atoms with E-state index in [0.717, 1.165) is 27.1 Å². The Morgan fingerprint density at radius 3 is 2.15 bits per heavy atom. The first-order valence-electron chi connectivity index (χ1n) is 16.4. The largest absolute Gasteiger partial charge is 0.508 e. The number of aromatic hydroxyl groups is 1. The Kier molecular flexibility index (Phi) is 10.4. The molecule has 0 aromatic heterocycles. The molecule has 3 aromatic rings. The molecule has 1 heterocycles. The van der Waals surface area contributed by atoms with E-state index in [9.17, 15) is 24.9 Å². The summed E-state index contributed by atoms with van der Waals surface area (Å²) in [5, 5.41) is 34.5. The highest BCUT2D eigenvalue weighted by Gasteiger charge is 2.55. The van der Waals surface area contributed by atoms with Crippen LogP contribution in [0, 0.1) is 17.8 Å². The second-order valence-corrected chi connectivity index (χ2v) is 18.3. The van der Waals surface area contributed by atoms with Gasteiger partial charge in [-0.1, -0.05) is 105 Å². The van der Waals surface area contributed by atoms with Crippen molar-refractivity contribution in [3.63, 3.8) is 0 Å². The number of fused-ring (bicyclic) bond motifs is 1. The van der Waals surface area contributed by atoms with Gasteiger partial charge in [0.15, 0.2) is 0 Å². The fraction of sp³-hybridized carbons (Fsp3) is 0.385. The lowest BCUT2D eigenvalue weighted by atomic mass is 9.68. The number of likely N-dealkylation sites (tertiary alicyclic amines) is 1. The summed E-state index contributed by atoms with van der Waals surface area (Å²) in [5.74, 6) is -2.40. The molecular weight excluding hydrogens is 607 g/mol. The SMILES string of the molecule is C/C(=C\c1cccc(O)c1)CC[C@@H](O)C1=C(CO[Si](c2ccccc2)(c2ccccc2)C(C)(C)C)C[C@H]2C(=O)N(C)C(=O)[C@H]2[C@H]1CO. The number of aliphatic hydroxyl groups is 2. The zero-order valence-electron chi connectivity index (χ0n) is 28.0. The van der Waals surface area contributed by atoms with Crippen LogP contribution in [-0.2, 0) is 14.0 Å². The van der Waals surface area contributed by atoms with Crippen LogP contribution < -0.4 is 10.4 Å². The molecule has 3 N–H and O–H groups in total. The molecule has 0 radical (unpaired) electrons. The molecule has 2 amide bonds. The number of amides is 2. The summed E-state index contributed by atoms with van der Waals surface area (Å²) in [6.07, 6.45) is 2.24. The molecule has 0 saturated carbocycles. The number of hydrogen-bond acceptors (Lipinski definition) is 6. The molecule has 0 unspecified atom stereocenters.